The topological polar surface area (TPSA) is 65.5 Å². The molecule has 0 fully saturated rings. The van der Waals surface area contributed by atoms with Crippen LogP contribution in [-0.4, -0.2) is 48.1 Å². The van der Waals surface area contributed by atoms with Crippen molar-refractivity contribution in [3.05, 3.63) is 23.4 Å². The maximum atomic E-state index is 12.6. The Morgan fingerprint density at radius 1 is 1.33 bits per heavy atom. The summed E-state index contributed by atoms with van der Waals surface area (Å²) >= 11 is 0. The molecule has 21 heavy (non-hydrogen) atoms. The Labute approximate surface area is 120 Å². The number of unbranched alkanes of at least 4 members (excludes halogenated alkanes) is 1. The fraction of sp³-hybridized carbons (Fsp3) is 0.538. The number of pyridine rings is 1. The van der Waals surface area contributed by atoms with Gasteiger partial charge in [-0.05, 0) is 45.6 Å². The second-order valence-corrected chi connectivity index (χ2v) is 4.83. The summed E-state index contributed by atoms with van der Waals surface area (Å²) in [5.74, 6) is -1.56. The highest BCUT2D eigenvalue weighted by molar-refractivity contribution is 5.93. The minimum Gasteiger partial charge on any atom is -0.478 e. The highest BCUT2D eigenvalue weighted by Crippen LogP contribution is 2.29. The number of halogens is 3. The summed E-state index contributed by atoms with van der Waals surface area (Å²) in [4.78, 5) is 16.4. The van der Waals surface area contributed by atoms with Gasteiger partial charge < -0.3 is 15.3 Å². The van der Waals surface area contributed by atoms with Crippen molar-refractivity contribution in [3.63, 3.8) is 0 Å². The first-order chi connectivity index (χ1) is 9.71. The molecule has 0 saturated heterocycles. The van der Waals surface area contributed by atoms with Crippen LogP contribution in [-0.2, 0) is 6.18 Å². The maximum absolute atomic E-state index is 12.6. The molecule has 5 nitrogen and oxygen atoms in total. The highest BCUT2D eigenvalue weighted by atomic mass is 19.4. The lowest BCUT2D eigenvalue weighted by atomic mass is 10.2. The fourth-order valence-corrected chi connectivity index (χ4v) is 1.68. The van der Waals surface area contributed by atoms with Gasteiger partial charge in [0.05, 0.1) is 0 Å². The number of hydrogen-bond acceptors (Lipinski definition) is 4. The van der Waals surface area contributed by atoms with Gasteiger partial charge in [0.15, 0.2) is 0 Å². The Hall–Kier alpha value is -1.83. The number of alkyl halides is 3. The number of rotatable bonds is 7. The molecular weight excluding hydrogens is 287 g/mol. The van der Waals surface area contributed by atoms with Crippen molar-refractivity contribution in [2.45, 2.75) is 19.0 Å². The van der Waals surface area contributed by atoms with Crippen LogP contribution in [0.2, 0.25) is 0 Å². The van der Waals surface area contributed by atoms with Crippen LogP contribution in [0.3, 0.4) is 0 Å². The van der Waals surface area contributed by atoms with Crippen LogP contribution in [0, 0.1) is 0 Å². The lowest BCUT2D eigenvalue weighted by Gasteiger charge is -2.13. The molecule has 118 valence electrons. The number of nitrogens with zero attached hydrogens (tertiary/aromatic N) is 2. The normalized spacial score (nSPS) is 11.7. The number of nitrogens with one attached hydrogen (secondary N) is 1. The van der Waals surface area contributed by atoms with Crippen LogP contribution in [0.5, 0.6) is 0 Å². The molecule has 0 aliphatic rings. The minimum atomic E-state index is -4.60. The molecule has 1 rings (SSSR count). The number of hydrogen-bond donors (Lipinski definition) is 2. The zero-order valence-corrected chi connectivity index (χ0v) is 11.9. The first-order valence-electron chi connectivity index (χ1n) is 6.42. The Morgan fingerprint density at radius 3 is 2.52 bits per heavy atom. The monoisotopic (exact) mass is 305 g/mol. The second kappa shape index (κ2) is 7.26. The third-order valence-corrected chi connectivity index (χ3v) is 2.74. The first kappa shape index (κ1) is 17.2. The summed E-state index contributed by atoms with van der Waals surface area (Å²) in [6, 6.07) is 1.58. The molecule has 0 atom stereocenters. The number of carboxylic acids is 1. The van der Waals surface area contributed by atoms with Crippen LogP contribution in [0.4, 0.5) is 19.0 Å². The molecule has 0 amide bonds. The van der Waals surface area contributed by atoms with Gasteiger partial charge in [0, 0.05) is 6.54 Å². The summed E-state index contributed by atoms with van der Waals surface area (Å²) in [7, 11) is 3.84. The SMILES string of the molecule is CN(C)CCCCNc1nc(C(F)(F)F)ccc1C(=O)O. The minimum absolute atomic E-state index is 0.248. The maximum Gasteiger partial charge on any atom is 0.433 e. The van der Waals surface area contributed by atoms with Gasteiger partial charge in [0.1, 0.15) is 17.1 Å². The second-order valence-electron chi connectivity index (χ2n) is 4.83. The van der Waals surface area contributed by atoms with Gasteiger partial charge in [0.25, 0.3) is 0 Å². The average molecular weight is 305 g/mol. The molecule has 1 heterocycles. The molecule has 0 radical (unpaired) electrons. The van der Waals surface area contributed by atoms with Gasteiger partial charge in [-0.2, -0.15) is 13.2 Å². The lowest BCUT2D eigenvalue weighted by Crippen LogP contribution is -2.16. The van der Waals surface area contributed by atoms with E-state index in [1.807, 2.05) is 19.0 Å². The summed E-state index contributed by atoms with van der Waals surface area (Å²) in [5.41, 5.74) is -1.38. The molecule has 0 aliphatic carbocycles. The van der Waals surface area contributed by atoms with Crippen molar-refractivity contribution in [3.8, 4) is 0 Å². The first-order valence-corrected chi connectivity index (χ1v) is 6.42. The predicted molar refractivity (Wildman–Crippen MR) is 72.5 cm³/mol. The summed E-state index contributed by atoms with van der Waals surface area (Å²) in [6.45, 7) is 1.21. The van der Waals surface area contributed by atoms with E-state index in [0.29, 0.717) is 19.0 Å². The Bertz CT molecular complexity index is 490. The van der Waals surface area contributed by atoms with Crippen LogP contribution in [0.25, 0.3) is 0 Å². The van der Waals surface area contributed by atoms with Crippen molar-refractivity contribution in [1.29, 1.82) is 0 Å². The van der Waals surface area contributed by atoms with E-state index in [1.54, 1.807) is 0 Å². The molecule has 0 bridgehead atoms. The van der Waals surface area contributed by atoms with Crippen molar-refractivity contribution in [2.75, 3.05) is 32.5 Å². The summed E-state index contributed by atoms with van der Waals surface area (Å²) in [5, 5.41) is 11.6. The van der Waals surface area contributed by atoms with Crippen molar-refractivity contribution >= 4 is 11.8 Å². The molecule has 0 unspecified atom stereocenters. The smallest absolute Gasteiger partial charge is 0.433 e. The van der Waals surface area contributed by atoms with E-state index in [0.717, 1.165) is 19.0 Å². The molecule has 0 aliphatic heterocycles. The van der Waals surface area contributed by atoms with Gasteiger partial charge in [-0.25, -0.2) is 9.78 Å². The van der Waals surface area contributed by atoms with Crippen LogP contribution in [0.1, 0.15) is 28.9 Å². The molecule has 2 N–H and O–H groups in total. The average Bonchev–Trinajstić information content (AvgIpc) is 2.36. The third-order valence-electron chi connectivity index (χ3n) is 2.74. The molecule has 8 heteroatoms. The van der Waals surface area contributed by atoms with Crippen LogP contribution < -0.4 is 5.32 Å². The van der Waals surface area contributed by atoms with E-state index >= 15 is 0 Å². The van der Waals surface area contributed by atoms with E-state index in [4.69, 9.17) is 5.11 Å². The van der Waals surface area contributed by atoms with Crippen LogP contribution >= 0.6 is 0 Å². The van der Waals surface area contributed by atoms with Crippen molar-refractivity contribution in [1.82, 2.24) is 9.88 Å². The van der Waals surface area contributed by atoms with E-state index in [-0.39, 0.29) is 11.4 Å². The Morgan fingerprint density at radius 2 is 2.00 bits per heavy atom. The number of aromatic carboxylic acids is 1. The number of anilines is 1. The van der Waals surface area contributed by atoms with Gasteiger partial charge in [-0.3, -0.25) is 0 Å². The number of carboxylic acid groups (broad SMARTS) is 1. The largest absolute Gasteiger partial charge is 0.478 e. The summed E-state index contributed by atoms with van der Waals surface area (Å²) < 4.78 is 37.8. The fourth-order valence-electron chi connectivity index (χ4n) is 1.68. The quantitative estimate of drug-likeness (QED) is 0.758. The predicted octanol–water partition coefficient (Wildman–Crippen LogP) is 2.55. The molecular formula is C13H18F3N3O2. The van der Waals surface area contributed by atoms with Crippen LogP contribution in [0.15, 0.2) is 12.1 Å². The lowest BCUT2D eigenvalue weighted by molar-refractivity contribution is -0.141. The van der Waals surface area contributed by atoms with Gasteiger partial charge in [-0.1, -0.05) is 0 Å². The zero-order valence-electron chi connectivity index (χ0n) is 11.9. The van der Waals surface area contributed by atoms with E-state index in [2.05, 4.69) is 10.3 Å². The van der Waals surface area contributed by atoms with E-state index in [1.165, 1.54) is 0 Å². The zero-order chi connectivity index (χ0) is 16.0. The van der Waals surface area contributed by atoms with Crippen molar-refractivity contribution < 1.29 is 23.1 Å². The van der Waals surface area contributed by atoms with Crippen molar-refractivity contribution in [2.24, 2.45) is 0 Å². The van der Waals surface area contributed by atoms with Gasteiger partial charge in [-0.15, -0.1) is 0 Å². The summed E-state index contributed by atoms with van der Waals surface area (Å²) in [6.07, 6.45) is -3.05. The van der Waals surface area contributed by atoms with Gasteiger partial charge in [0.2, 0.25) is 0 Å². The third kappa shape index (κ3) is 5.58. The molecule has 1 aromatic rings. The number of aromatic nitrogens is 1. The Balaban J connectivity index is 2.75. The van der Waals surface area contributed by atoms with E-state index in [9.17, 15) is 18.0 Å². The number of carbonyl (C=O) groups is 1. The Kier molecular flexibility index (Phi) is 5.95. The molecule has 1 aromatic heterocycles. The molecule has 0 aromatic carbocycles. The molecule has 0 saturated carbocycles. The van der Waals surface area contributed by atoms with E-state index < -0.39 is 17.8 Å². The standard InChI is InChI=1S/C13H18F3N3O2/c1-19(2)8-4-3-7-17-11-9(12(20)21)5-6-10(18-11)13(14,15)16/h5-6H,3-4,7-8H2,1-2H3,(H,17,18)(H,20,21). The highest BCUT2D eigenvalue weighted by Gasteiger charge is 2.33. The van der Waals surface area contributed by atoms with Gasteiger partial charge >= 0.3 is 12.1 Å². The molecule has 0 spiro atoms.